The number of aromatic nitrogens is 1. The van der Waals surface area contributed by atoms with Crippen molar-refractivity contribution in [1.82, 2.24) is 4.98 Å². The molecule has 0 bridgehead atoms. The highest BCUT2D eigenvalue weighted by Crippen LogP contribution is 2.22. The normalized spacial score (nSPS) is 10.7. The predicted molar refractivity (Wildman–Crippen MR) is 57.9 cm³/mol. The van der Waals surface area contributed by atoms with Gasteiger partial charge in [-0.25, -0.2) is 9.37 Å². The summed E-state index contributed by atoms with van der Waals surface area (Å²) in [7, 11) is 0. The summed E-state index contributed by atoms with van der Waals surface area (Å²) in [6, 6.07) is 7.08. The van der Waals surface area contributed by atoms with E-state index in [0.29, 0.717) is 0 Å². The first kappa shape index (κ1) is 9.27. The van der Waals surface area contributed by atoms with Gasteiger partial charge in [-0.05, 0) is 24.5 Å². The topological polar surface area (TPSA) is 38.9 Å². The van der Waals surface area contributed by atoms with Crippen LogP contribution in [0.2, 0.25) is 0 Å². The monoisotopic (exact) mass is 208 g/mol. The highest BCUT2D eigenvalue weighted by Gasteiger charge is 2.03. The molecule has 0 fully saturated rings. The molecule has 0 spiro atoms. The summed E-state index contributed by atoms with van der Waals surface area (Å²) in [5, 5.41) is 0.773. The highest BCUT2D eigenvalue weighted by molar-refractivity contribution is 7.98. The Bertz CT molecular complexity index is 485. The van der Waals surface area contributed by atoms with Crippen molar-refractivity contribution in [1.29, 1.82) is 0 Å². The second kappa shape index (κ2) is 3.46. The van der Waals surface area contributed by atoms with Crippen LogP contribution in [0.4, 0.5) is 10.2 Å². The van der Waals surface area contributed by atoms with Gasteiger partial charge in [0.15, 0.2) is 11.6 Å². The first-order valence-electron chi connectivity index (χ1n) is 4.10. The molecular formula is C10H9FN2S. The third-order valence-electron chi connectivity index (χ3n) is 2.01. The molecule has 4 heteroatoms. The lowest BCUT2D eigenvalue weighted by atomic mass is 10.2. The molecule has 0 aliphatic heterocycles. The van der Waals surface area contributed by atoms with Crippen molar-refractivity contribution in [2.24, 2.45) is 0 Å². The standard InChI is InChI=1S/C10H9FN2S/c1-14-7-3-2-6-4-8(11)10(12)13-9(6)5-7/h2-5H,1H3,(H2,12,13). The van der Waals surface area contributed by atoms with Gasteiger partial charge in [-0.3, -0.25) is 0 Å². The van der Waals surface area contributed by atoms with Gasteiger partial charge in [0.25, 0.3) is 0 Å². The molecule has 1 heterocycles. The lowest BCUT2D eigenvalue weighted by Crippen LogP contribution is -1.95. The number of nitrogen functional groups attached to an aromatic ring is 1. The summed E-state index contributed by atoms with van der Waals surface area (Å²) in [6.45, 7) is 0. The van der Waals surface area contributed by atoms with E-state index in [2.05, 4.69) is 4.98 Å². The van der Waals surface area contributed by atoms with Gasteiger partial charge in [-0.15, -0.1) is 11.8 Å². The number of rotatable bonds is 1. The Morgan fingerprint density at radius 1 is 1.36 bits per heavy atom. The van der Waals surface area contributed by atoms with Gasteiger partial charge in [0.05, 0.1) is 5.52 Å². The number of hydrogen-bond donors (Lipinski definition) is 1. The van der Waals surface area contributed by atoms with Crippen molar-refractivity contribution in [2.45, 2.75) is 4.90 Å². The van der Waals surface area contributed by atoms with Crippen LogP contribution >= 0.6 is 11.8 Å². The zero-order valence-electron chi connectivity index (χ0n) is 7.62. The third-order valence-corrected chi connectivity index (χ3v) is 2.73. The number of halogens is 1. The number of nitrogens with zero attached hydrogens (tertiary/aromatic N) is 1. The minimum atomic E-state index is -0.464. The number of fused-ring (bicyclic) bond motifs is 1. The Morgan fingerprint density at radius 2 is 2.14 bits per heavy atom. The van der Waals surface area contributed by atoms with Crippen LogP contribution in [0.15, 0.2) is 29.2 Å². The molecule has 2 rings (SSSR count). The largest absolute Gasteiger partial charge is 0.381 e. The van der Waals surface area contributed by atoms with E-state index in [9.17, 15) is 4.39 Å². The van der Waals surface area contributed by atoms with E-state index in [-0.39, 0.29) is 5.82 Å². The van der Waals surface area contributed by atoms with E-state index in [1.807, 2.05) is 24.5 Å². The maximum atomic E-state index is 13.0. The molecule has 0 radical (unpaired) electrons. The van der Waals surface area contributed by atoms with E-state index >= 15 is 0 Å². The second-order valence-corrected chi connectivity index (χ2v) is 3.79. The van der Waals surface area contributed by atoms with Gasteiger partial charge >= 0.3 is 0 Å². The lowest BCUT2D eigenvalue weighted by molar-refractivity contribution is 0.630. The molecule has 2 N–H and O–H groups in total. The Hall–Kier alpha value is -1.29. The van der Waals surface area contributed by atoms with Gasteiger partial charge < -0.3 is 5.73 Å². The summed E-state index contributed by atoms with van der Waals surface area (Å²) in [4.78, 5) is 5.07. The van der Waals surface area contributed by atoms with Gasteiger partial charge in [0.1, 0.15) is 0 Å². The van der Waals surface area contributed by atoms with Crippen molar-refractivity contribution < 1.29 is 4.39 Å². The third kappa shape index (κ3) is 1.53. The highest BCUT2D eigenvalue weighted by atomic mass is 32.2. The molecule has 1 aromatic carbocycles. The minimum Gasteiger partial charge on any atom is -0.381 e. The Balaban J connectivity index is 2.70. The summed E-state index contributed by atoms with van der Waals surface area (Å²) >= 11 is 1.62. The zero-order chi connectivity index (χ0) is 10.1. The summed E-state index contributed by atoms with van der Waals surface area (Å²) in [6.07, 6.45) is 1.98. The number of pyridine rings is 1. The Kier molecular flexibility index (Phi) is 2.29. The first-order valence-corrected chi connectivity index (χ1v) is 5.33. The van der Waals surface area contributed by atoms with E-state index < -0.39 is 5.82 Å². The maximum absolute atomic E-state index is 13.0. The van der Waals surface area contributed by atoms with Crippen LogP contribution < -0.4 is 5.73 Å². The first-order chi connectivity index (χ1) is 6.70. The van der Waals surface area contributed by atoms with Crippen molar-refractivity contribution in [3.63, 3.8) is 0 Å². The van der Waals surface area contributed by atoms with Gasteiger partial charge in [-0.1, -0.05) is 6.07 Å². The predicted octanol–water partition coefficient (Wildman–Crippen LogP) is 2.68. The van der Waals surface area contributed by atoms with Gasteiger partial charge in [0.2, 0.25) is 0 Å². The quantitative estimate of drug-likeness (QED) is 0.732. The molecule has 72 valence electrons. The van der Waals surface area contributed by atoms with Crippen LogP contribution in [0, 0.1) is 5.82 Å². The fraction of sp³-hybridized carbons (Fsp3) is 0.100. The van der Waals surface area contributed by atoms with Gasteiger partial charge in [-0.2, -0.15) is 0 Å². The van der Waals surface area contributed by atoms with Crippen molar-refractivity contribution in [3.8, 4) is 0 Å². The minimum absolute atomic E-state index is 0.0456. The summed E-state index contributed by atoms with van der Waals surface area (Å²) in [5.74, 6) is -0.509. The fourth-order valence-corrected chi connectivity index (χ4v) is 1.70. The molecule has 0 saturated heterocycles. The molecule has 2 nitrogen and oxygen atoms in total. The molecule has 0 unspecified atom stereocenters. The number of nitrogens with two attached hydrogens (primary N) is 1. The van der Waals surface area contributed by atoms with Crippen LogP contribution in [0.1, 0.15) is 0 Å². The number of hydrogen-bond acceptors (Lipinski definition) is 3. The molecule has 0 aliphatic rings. The van der Waals surface area contributed by atoms with E-state index in [0.717, 1.165) is 15.8 Å². The summed E-state index contributed by atoms with van der Waals surface area (Å²) in [5.41, 5.74) is 6.12. The SMILES string of the molecule is CSc1ccc2cc(F)c(N)nc2c1. The van der Waals surface area contributed by atoms with Crippen LogP contribution in [-0.2, 0) is 0 Å². The Morgan fingerprint density at radius 3 is 2.86 bits per heavy atom. The van der Waals surface area contributed by atoms with E-state index in [1.165, 1.54) is 6.07 Å². The average molecular weight is 208 g/mol. The fourth-order valence-electron chi connectivity index (χ4n) is 1.26. The second-order valence-electron chi connectivity index (χ2n) is 2.91. The van der Waals surface area contributed by atoms with Crippen LogP contribution in [0.25, 0.3) is 10.9 Å². The van der Waals surface area contributed by atoms with Crippen molar-refractivity contribution in [3.05, 3.63) is 30.1 Å². The van der Waals surface area contributed by atoms with E-state index in [1.54, 1.807) is 11.8 Å². The molecule has 0 atom stereocenters. The molecular weight excluding hydrogens is 199 g/mol. The van der Waals surface area contributed by atoms with Crippen LogP contribution in [-0.4, -0.2) is 11.2 Å². The molecule has 14 heavy (non-hydrogen) atoms. The summed E-state index contributed by atoms with van der Waals surface area (Å²) < 4.78 is 13.0. The number of thioether (sulfide) groups is 1. The number of anilines is 1. The van der Waals surface area contributed by atoms with E-state index in [4.69, 9.17) is 5.73 Å². The lowest BCUT2D eigenvalue weighted by Gasteiger charge is -2.02. The van der Waals surface area contributed by atoms with Crippen LogP contribution in [0.3, 0.4) is 0 Å². The molecule has 2 aromatic rings. The van der Waals surface area contributed by atoms with Crippen LogP contribution in [0.5, 0.6) is 0 Å². The average Bonchev–Trinajstić information content (AvgIpc) is 2.19. The molecule has 1 aromatic heterocycles. The molecule has 0 aliphatic carbocycles. The Labute approximate surface area is 85.3 Å². The maximum Gasteiger partial charge on any atom is 0.165 e. The van der Waals surface area contributed by atoms with Crippen molar-refractivity contribution in [2.75, 3.05) is 12.0 Å². The molecule has 0 saturated carbocycles. The zero-order valence-corrected chi connectivity index (χ0v) is 8.44. The van der Waals surface area contributed by atoms with Gasteiger partial charge in [0, 0.05) is 10.3 Å². The van der Waals surface area contributed by atoms with Crippen molar-refractivity contribution >= 4 is 28.5 Å². The molecule has 0 amide bonds. The number of benzene rings is 1. The smallest absolute Gasteiger partial charge is 0.165 e.